The average Bonchev–Trinajstić information content (AvgIpc) is 2.43. The van der Waals surface area contributed by atoms with Crippen LogP contribution in [0.2, 0.25) is 11.1 Å². The second-order valence-electron chi connectivity index (χ2n) is 6.08. The van der Waals surface area contributed by atoms with E-state index in [1.54, 1.807) is 0 Å². The maximum Gasteiger partial charge on any atom is 0.107 e. The second kappa shape index (κ2) is 6.04. The summed E-state index contributed by atoms with van der Waals surface area (Å²) in [4.78, 5) is 0. The average molecular weight is 248 g/mol. The third-order valence-corrected chi connectivity index (χ3v) is 10.7. The predicted octanol–water partition coefficient (Wildman–Crippen LogP) is 5.55. The largest absolute Gasteiger partial charge is 0.107 e. The molecular formula is C16H28Si. The van der Waals surface area contributed by atoms with E-state index in [9.17, 15) is 0 Å². The molecule has 96 valence electrons. The van der Waals surface area contributed by atoms with Crippen LogP contribution < -0.4 is 0 Å². The van der Waals surface area contributed by atoms with Crippen LogP contribution in [0.15, 0.2) is 24.6 Å². The maximum absolute atomic E-state index is 4.24. The van der Waals surface area contributed by atoms with Gasteiger partial charge in [-0.1, -0.05) is 75.6 Å². The van der Waals surface area contributed by atoms with E-state index < -0.39 is 8.07 Å². The zero-order chi connectivity index (χ0) is 12.1. The fourth-order valence-corrected chi connectivity index (χ4v) is 9.27. The molecule has 2 rings (SSSR count). The first kappa shape index (κ1) is 13.1. The molecule has 0 aromatic carbocycles. The highest BCUT2D eigenvalue weighted by Crippen LogP contribution is 2.49. The Hall–Kier alpha value is -0.303. The Morgan fingerprint density at radius 1 is 0.647 bits per heavy atom. The lowest BCUT2D eigenvalue weighted by Gasteiger charge is -2.44. The summed E-state index contributed by atoms with van der Waals surface area (Å²) in [5.41, 5.74) is 6.72. The Balaban J connectivity index is 2.16. The Labute approximate surface area is 108 Å². The molecule has 0 amide bonds. The van der Waals surface area contributed by atoms with Gasteiger partial charge in [-0.05, 0) is 11.1 Å². The van der Waals surface area contributed by atoms with Crippen LogP contribution in [0.3, 0.4) is 0 Å². The normalized spacial score (nSPS) is 24.5. The highest BCUT2D eigenvalue weighted by molar-refractivity contribution is 6.91. The van der Waals surface area contributed by atoms with Crippen molar-refractivity contribution >= 4 is 8.07 Å². The zero-order valence-corrected chi connectivity index (χ0v) is 12.3. The van der Waals surface area contributed by atoms with Crippen LogP contribution in [-0.4, -0.2) is 8.07 Å². The van der Waals surface area contributed by atoms with Crippen LogP contribution in [-0.2, 0) is 0 Å². The van der Waals surface area contributed by atoms with Gasteiger partial charge in [0.2, 0.25) is 0 Å². The minimum absolute atomic E-state index is 0.967. The molecule has 0 unspecified atom stereocenters. The minimum Gasteiger partial charge on any atom is -0.107 e. The van der Waals surface area contributed by atoms with Gasteiger partial charge >= 0.3 is 0 Å². The maximum atomic E-state index is 4.24. The van der Waals surface area contributed by atoms with Crippen molar-refractivity contribution in [3.8, 4) is 0 Å². The van der Waals surface area contributed by atoms with Crippen molar-refractivity contribution in [2.75, 3.05) is 0 Å². The monoisotopic (exact) mass is 248 g/mol. The van der Waals surface area contributed by atoms with E-state index in [0.717, 1.165) is 11.1 Å². The SMILES string of the molecule is C=C[Si](C=C)(C1CCCCC1)C1CCCCC1. The molecule has 2 aliphatic carbocycles. The van der Waals surface area contributed by atoms with Crippen molar-refractivity contribution in [1.82, 2.24) is 0 Å². The van der Waals surface area contributed by atoms with Gasteiger partial charge in [-0.25, -0.2) is 0 Å². The van der Waals surface area contributed by atoms with E-state index in [0.29, 0.717) is 0 Å². The molecule has 2 saturated carbocycles. The van der Waals surface area contributed by atoms with Gasteiger partial charge in [0.25, 0.3) is 0 Å². The minimum atomic E-state index is -1.41. The Kier molecular flexibility index (Phi) is 4.67. The van der Waals surface area contributed by atoms with Crippen molar-refractivity contribution in [2.24, 2.45) is 0 Å². The lowest BCUT2D eigenvalue weighted by molar-refractivity contribution is 0.458. The van der Waals surface area contributed by atoms with E-state index in [1.807, 2.05) is 0 Å². The summed E-state index contributed by atoms with van der Waals surface area (Å²) < 4.78 is 0. The van der Waals surface area contributed by atoms with E-state index >= 15 is 0 Å². The molecule has 0 bridgehead atoms. The molecule has 2 fully saturated rings. The molecule has 0 spiro atoms. The fourth-order valence-electron chi connectivity index (χ4n) is 4.29. The second-order valence-corrected chi connectivity index (χ2v) is 10.5. The first-order valence-corrected chi connectivity index (χ1v) is 9.91. The summed E-state index contributed by atoms with van der Waals surface area (Å²) in [5.74, 6) is 0. The summed E-state index contributed by atoms with van der Waals surface area (Å²) in [6.07, 6.45) is 14.6. The van der Waals surface area contributed by atoms with Gasteiger partial charge in [0.1, 0.15) is 8.07 Å². The first-order chi connectivity index (χ1) is 8.33. The standard InChI is InChI=1S/C16H28Si/c1-3-17(4-2,15-11-7-5-8-12-15)16-13-9-6-10-14-16/h3-4,15-16H,1-2,5-14H2. The molecule has 0 aromatic heterocycles. The molecule has 0 N–H and O–H groups in total. The molecule has 1 heteroatoms. The van der Waals surface area contributed by atoms with Crippen LogP contribution in [0.5, 0.6) is 0 Å². The van der Waals surface area contributed by atoms with Gasteiger partial charge in [0.05, 0.1) is 0 Å². The zero-order valence-electron chi connectivity index (χ0n) is 11.3. The lowest BCUT2D eigenvalue weighted by atomic mass is 9.99. The van der Waals surface area contributed by atoms with Crippen LogP contribution in [0, 0.1) is 0 Å². The van der Waals surface area contributed by atoms with Crippen molar-refractivity contribution < 1.29 is 0 Å². The Morgan fingerprint density at radius 2 is 1.00 bits per heavy atom. The molecule has 0 radical (unpaired) electrons. The molecular weight excluding hydrogens is 220 g/mol. The van der Waals surface area contributed by atoms with Crippen molar-refractivity contribution in [1.29, 1.82) is 0 Å². The van der Waals surface area contributed by atoms with Crippen molar-refractivity contribution in [3.05, 3.63) is 24.6 Å². The molecule has 0 nitrogen and oxygen atoms in total. The third-order valence-electron chi connectivity index (χ3n) is 5.33. The number of hydrogen-bond donors (Lipinski definition) is 0. The van der Waals surface area contributed by atoms with Crippen molar-refractivity contribution in [3.63, 3.8) is 0 Å². The highest BCUT2D eigenvalue weighted by atomic mass is 28.3. The van der Waals surface area contributed by atoms with E-state index in [2.05, 4.69) is 24.6 Å². The van der Waals surface area contributed by atoms with Crippen molar-refractivity contribution in [2.45, 2.75) is 75.3 Å². The quantitative estimate of drug-likeness (QED) is 0.572. The van der Waals surface area contributed by atoms with Crippen LogP contribution >= 0.6 is 0 Å². The van der Waals surface area contributed by atoms with Gasteiger partial charge in [-0.3, -0.25) is 0 Å². The molecule has 0 atom stereocenters. The van der Waals surface area contributed by atoms with Crippen LogP contribution in [0.25, 0.3) is 0 Å². The third kappa shape index (κ3) is 2.59. The topological polar surface area (TPSA) is 0 Å². The van der Waals surface area contributed by atoms with Crippen LogP contribution in [0.1, 0.15) is 64.2 Å². The molecule has 17 heavy (non-hydrogen) atoms. The molecule has 0 aliphatic heterocycles. The summed E-state index contributed by atoms with van der Waals surface area (Å²) >= 11 is 0. The first-order valence-electron chi connectivity index (χ1n) is 7.60. The molecule has 0 heterocycles. The van der Waals surface area contributed by atoms with Gasteiger partial charge in [0.15, 0.2) is 0 Å². The van der Waals surface area contributed by atoms with E-state index in [4.69, 9.17) is 0 Å². The number of hydrogen-bond acceptors (Lipinski definition) is 0. The highest BCUT2D eigenvalue weighted by Gasteiger charge is 2.43. The summed E-state index contributed by atoms with van der Waals surface area (Å²) in [5, 5.41) is 0. The van der Waals surface area contributed by atoms with Gasteiger partial charge in [0, 0.05) is 0 Å². The lowest BCUT2D eigenvalue weighted by Crippen LogP contribution is -2.43. The number of rotatable bonds is 4. The predicted molar refractivity (Wildman–Crippen MR) is 79.8 cm³/mol. The van der Waals surface area contributed by atoms with Gasteiger partial charge < -0.3 is 0 Å². The molecule has 2 aliphatic rings. The summed E-state index contributed by atoms with van der Waals surface area (Å²) in [6.45, 7) is 8.49. The summed E-state index contributed by atoms with van der Waals surface area (Å²) in [7, 11) is -1.41. The fraction of sp³-hybridized carbons (Fsp3) is 0.750. The van der Waals surface area contributed by atoms with E-state index in [1.165, 1.54) is 64.2 Å². The molecule has 0 aromatic rings. The van der Waals surface area contributed by atoms with Gasteiger partial charge in [-0.15, -0.1) is 13.2 Å². The van der Waals surface area contributed by atoms with Gasteiger partial charge in [-0.2, -0.15) is 0 Å². The van der Waals surface area contributed by atoms with Crippen LogP contribution in [0.4, 0.5) is 0 Å². The smallest absolute Gasteiger partial charge is 0.107 e. The Bertz CT molecular complexity index is 229. The summed E-state index contributed by atoms with van der Waals surface area (Å²) in [6, 6.07) is 0. The van der Waals surface area contributed by atoms with E-state index in [-0.39, 0.29) is 0 Å². The molecule has 0 saturated heterocycles. The Morgan fingerprint density at radius 3 is 1.29 bits per heavy atom.